The minimum atomic E-state index is -1.15. The average molecular weight is 285 g/mol. The van der Waals surface area contributed by atoms with Gasteiger partial charge >= 0.3 is 5.97 Å². The summed E-state index contributed by atoms with van der Waals surface area (Å²) in [7, 11) is 0. The van der Waals surface area contributed by atoms with Crippen molar-refractivity contribution in [3.05, 3.63) is 0 Å². The van der Waals surface area contributed by atoms with Crippen LogP contribution in [0.5, 0.6) is 0 Å². The Labute approximate surface area is 118 Å². The minimum absolute atomic E-state index is 0.292. The van der Waals surface area contributed by atoms with Crippen LogP contribution in [0.15, 0.2) is 0 Å². The molecule has 1 fully saturated rings. The van der Waals surface area contributed by atoms with E-state index < -0.39 is 30.4 Å². The van der Waals surface area contributed by atoms with E-state index in [9.17, 15) is 14.4 Å². The van der Waals surface area contributed by atoms with Crippen LogP contribution in [0.4, 0.5) is 0 Å². The Balaban J connectivity index is 2.44. The van der Waals surface area contributed by atoms with E-state index in [1.165, 1.54) is 0 Å². The molecule has 1 saturated carbocycles. The summed E-state index contributed by atoms with van der Waals surface area (Å²) in [4.78, 5) is 34.1. The van der Waals surface area contributed by atoms with Gasteiger partial charge in [-0.2, -0.15) is 0 Å². The first-order valence-electron chi connectivity index (χ1n) is 6.73. The summed E-state index contributed by atoms with van der Waals surface area (Å²) in [6, 6.07) is -1.90. The van der Waals surface area contributed by atoms with Crippen molar-refractivity contribution in [1.82, 2.24) is 10.6 Å². The molecule has 0 bridgehead atoms. The van der Waals surface area contributed by atoms with E-state index in [1.807, 2.05) is 13.8 Å². The van der Waals surface area contributed by atoms with E-state index >= 15 is 0 Å². The van der Waals surface area contributed by atoms with Gasteiger partial charge in [0.05, 0.1) is 12.5 Å². The molecule has 2 atom stereocenters. The van der Waals surface area contributed by atoms with Crippen LogP contribution in [0.3, 0.4) is 0 Å². The van der Waals surface area contributed by atoms with Crippen molar-refractivity contribution in [1.29, 1.82) is 0 Å². The summed E-state index contributed by atoms with van der Waals surface area (Å²) in [6.07, 6.45) is 1.72. The van der Waals surface area contributed by atoms with Gasteiger partial charge in [-0.05, 0) is 39.5 Å². The second-order valence-corrected chi connectivity index (χ2v) is 5.92. The highest BCUT2D eigenvalue weighted by atomic mass is 16.4. The van der Waals surface area contributed by atoms with Crippen LogP contribution in [0, 0.1) is 5.92 Å². The number of rotatable bonds is 7. The number of carbonyl (C=O) groups excluding carboxylic acids is 2. The van der Waals surface area contributed by atoms with E-state index in [0.717, 1.165) is 12.8 Å². The van der Waals surface area contributed by atoms with Crippen molar-refractivity contribution in [2.45, 2.75) is 57.7 Å². The van der Waals surface area contributed by atoms with Crippen LogP contribution in [0.25, 0.3) is 0 Å². The van der Waals surface area contributed by atoms with Crippen LogP contribution < -0.4 is 16.4 Å². The van der Waals surface area contributed by atoms with Gasteiger partial charge in [0.15, 0.2) is 0 Å². The molecule has 1 aliphatic rings. The molecule has 0 aromatic carbocycles. The topological polar surface area (TPSA) is 122 Å². The Bertz CT molecular complexity index is 404. The fraction of sp³-hybridized carbons (Fsp3) is 0.769. The molecule has 2 amide bonds. The number of hydrogen-bond acceptors (Lipinski definition) is 4. The molecule has 0 aliphatic heterocycles. The summed E-state index contributed by atoms with van der Waals surface area (Å²) in [5.74, 6) is -1.61. The van der Waals surface area contributed by atoms with Crippen LogP contribution >= 0.6 is 0 Å². The van der Waals surface area contributed by atoms with Gasteiger partial charge in [0.2, 0.25) is 11.8 Å². The van der Waals surface area contributed by atoms with Gasteiger partial charge in [-0.3, -0.25) is 14.4 Å². The maximum atomic E-state index is 12.0. The van der Waals surface area contributed by atoms with Crippen molar-refractivity contribution in [3.63, 3.8) is 0 Å². The number of hydrogen-bond donors (Lipinski definition) is 4. The molecule has 2 unspecified atom stereocenters. The zero-order chi connectivity index (χ0) is 15.5. The predicted octanol–water partition coefficient (Wildman–Crippen LogP) is -0.402. The van der Waals surface area contributed by atoms with E-state index in [-0.39, 0.29) is 11.4 Å². The van der Waals surface area contributed by atoms with Gasteiger partial charge in [0.25, 0.3) is 0 Å². The summed E-state index contributed by atoms with van der Waals surface area (Å²) in [5.41, 5.74) is 5.14. The molecule has 0 radical (unpaired) electrons. The maximum Gasteiger partial charge on any atom is 0.305 e. The lowest BCUT2D eigenvalue weighted by Crippen LogP contribution is -2.55. The Morgan fingerprint density at radius 1 is 1.30 bits per heavy atom. The maximum absolute atomic E-state index is 12.0. The van der Waals surface area contributed by atoms with Gasteiger partial charge in [0.1, 0.15) is 6.04 Å². The molecule has 114 valence electrons. The Morgan fingerprint density at radius 3 is 2.30 bits per heavy atom. The molecule has 5 N–H and O–H groups in total. The summed E-state index contributed by atoms with van der Waals surface area (Å²) in [5, 5.41) is 13.9. The molecular formula is C13H23N3O4. The van der Waals surface area contributed by atoms with Crippen LogP contribution in [-0.2, 0) is 14.4 Å². The molecular weight excluding hydrogens is 262 g/mol. The second kappa shape index (κ2) is 6.21. The standard InChI is InChI=1S/C13H23N3O4/c1-7(15-12(20)9(14)6-10(17)18)11(19)16-13(2,3)8-4-5-8/h7-9H,4-6,14H2,1-3H3,(H,15,20)(H,16,19)(H,17,18). The van der Waals surface area contributed by atoms with Crippen molar-refractivity contribution in [3.8, 4) is 0 Å². The van der Waals surface area contributed by atoms with Crippen LogP contribution in [-0.4, -0.2) is 40.5 Å². The number of amides is 2. The number of aliphatic carboxylic acids is 1. The number of carboxylic acid groups (broad SMARTS) is 1. The lowest BCUT2D eigenvalue weighted by molar-refractivity contribution is -0.139. The van der Waals surface area contributed by atoms with Gasteiger partial charge in [0, 0.05) is 5.54 Å². The Hall–Kier alpha value is -1.63. The van der Waals surface area contributed by atoms with Crippen molar-refractivity contribution in [2.75, 3.05) is 0 Å². The first-order chi connectivity index (χ1) is 9.13. The first kappa shape index (κ1) is 16.4. The molecule has 1 aliphatic carbocycles. The predicted molar refractivity (Wildman–Crippen MR) is 72.8 cm³/mol. The zero-order valence-corrected chi connectivity index (χ0v) is 12.1. The number of carbonyl (C=O) groups is 3. The van der Waals surface area contributed by atoms with Crippen molar-refractivity contribution in [2.24, 2.45) is 11.7 Å². The highest BCUT2D eigenvalue weighted by Crippen LogP contribution is 2.39. The highest BCUT2D eigenvalue weighted by Gasteiger charge is 2.39. The first-order valence-corrected chi connectivity index (χ1v) is 6.73. The highest BCUT2D eigenvalue weighted by molar-refractivity contribution is 5.91. The monoisotopic (exact) mass is 285 g/mol. The molecule has 20 heavy (non-hydrogen) atoms. The number of carboxylic acids is 1. The van der Waals surface area contributed by atoms with Gasteiger partial charge < -0.3 is 21.5 Å². The molecule has 7 heteroatoms. The second-order valence-electron chi connectivity index (χ2n) is 5.92. The summed E-state index contributed by atoms with van der Waals surface area (Å²) < 4.78 is 0. The molecule has 0 heterocycles. The van der Waals surface area contributed by atoms with Crippen molar-refractivity contribution >= 4 is 17.8 Å². The third kappa shape index (κ3) is 4.80. The SMILES string of the molecule is CC(NC(=O)C(N)CC(=O)O)C(=O)NC(C)(C)C1CC1. The van der Waals surface area contributed by atoms with Crippen LogP contribution in [0.1, 0.15) is 40.0 Å². The molecule has 0 aromatic heterocycles. The zero-order valence-electron chi connectivity index (χ0n) is 12.1. The lowest BCUT2D eigenvalue weighted by atomic mass is 9.98. The molecule has 0 aromatic rings. The fourth-order valence-corrected chi connectivity index (χ4v) is 2.00. The van der Waals surface area contributed by atoms with E-state index in [1.54, 1.807) is 6.92 Å². The Morgan fingerprint density at radius 2 is 1.85 bits per heavy atom. The molecule has 1 rings (SSSR count). The van der Waals surface area contributed by atoms with Crippen molar-refractivity contribution < 1.29 is 19.5 Å². The number of nitrogens with one attached hydrogen (secondary N) is 2. The lowest BCUT2D eigenvalue weighted by Gasteiger charge is -2.28. The Kier molecular flexibility index (Phi) is 5.10. The normalized spacial score (nSPS) is 18.0. The largest absolute Gasteiger partial charge is 0.481 e. The summed E-state index contributed by atoms with van der Waals surface area (Å²) in [6.45, 7) is 5.45. The quantitative estimate of drug-likeness (QED) is 0.507. The average Bonchev–Trinajstić information content (AvgIpc) is 3.10. The number of nitrogens with two attached hydrogens (primary N) is 1. The third-order valence-electron chi connectivity index (χ3n) is 3.53. The van der Waals surface area contributed by atoms with E-state index in [0.29, 0.717) is 5.92 Å². The molecule has 0 spiro atoms. The minimum Gasteiger partial charge on any atom is -0.481 e. The van der Waals surface area contributed by atoms with E-state index in [4.69, 9.17) is 10.8 Å². The van der Waals surface area contributed by atoms with Gasteiger partial charge in [-0.25, -0.2) is 0 Å². The molecule has 7 nitrogen and oxygen atoms in total. The van der Waals surface area contributed by atoms with Gasteiger partial charge in [-0.1, -0.05) is 0 Å². The smallest absolute Gasteiger partial charge is 0.305 e. The van der Waals surface area contributed by atoms with Gasteiger partial charge in [-0.15, -0.1) is 0 Å². The summed E-state index contributed by atoms with van der Waals surface area (Å²) >= 11 is 0. The third-order valence-corrected chi connectivity index (χ3v) is 3.53. The fourth-order valence-electron chi connectivity index (χ4n) is 2.00. The molecule has 0 saturated heterocycles. The van der Waals surface area contributed by atoms with Crippen LogP contribution in [0.2, 0.25) is 0 Å². The van der Waals surface area contributed by atoms with E-state index in [2.05, 4.69) is 10.6 Å².